The van der Waals surface area contributed by atoms with Gasteiger partial charge in [-0.1, -0.05) is 29.8 Å². The molecule has 1 aliphatic rings. The fourth-order valence-electron chi connectivity index (χ4n) is 3.04. The summed E-state index contributed by atoms with van der Waals surface area (Å²) in [5.74, 6) is -0.0499. The number of aryl methyl sites for hydroxylation is 1. The molecule has 1 aromatic carbocycles. The van der Waals surface area contributed by atoms with Gasteiger partial charge in [0.15, 0.2) is 0 Å². The smallest absolute Gasteiger partial charge is 0.239 e. The van der Waals surface area contributed by atoms with E-state index in [1.54, 1.807) is 6.07 Å². The Morgan fingerprint density at radius 1 is 1.24 bits per heavy atom. The lowest BCUT2D eigenvalue weighted by Crippen LogP contribution is -2.48. The molecule has 1 aromatic heterocycles. The highest BCUT2D eigenvalue weighted by Crippen LogP contribution is 2.22. The largest absolute Gasteiger partial charge is 0.315 e. The van der Waals surface area contributed by atoms with Crippen molar-refractivity contribution in [1.29, 1.82) is 5.26 Å². The fourth-order valence-corrected chi connectivity index (χ4v) is 3.79. The second-order valence-electron chi connectivity index (χ2n) is 6.36. The molecule has 1 aliphatic heterocycles. The lowest BCUT2D eigenvalue weighted by atomic mass is 10.1. The number of hydrogen-bond acceptors (Lipinski definition) is 5. The van der Waals surface area contributed by atoms with Crippen LogP contribution in [0.3, 0.4) is 0 Å². The summed E-state index contributed by atoms with van der Waals surface area (Å²) in [5, 5.41) is 14.3. The number of carbonyl (C=O) groups excluding carboxylic acids is 1. The highest BCUT2D eigenvalue weighted by Gasteiger charge is 2.19. The Morgan fingerprint density at radius 2 is 2.00 bits per heavy atom. The molecule has 0 spiro atoms. The maximum atomic E-state index is 12.2. The molecule has 130 valence electrons. The molecule has 2 aromatic rings. The van der Waals surface area contributed by atoms with Crippen molar-refractivity contribution in [2.24, 2.45) is 0 Å². The van der Waals surface area contributed by atoms with Crippen molar-refractivity contribution in [3.63, 3.8) is 0 Å². The first-order chi connectivity index (χ1) is 12.1. The number of thiophene rings is 1. The van der Waals surface area contributed by atoms with Crippen molar-refractivity contribution in [1.82, 2.24) is 9.80 Å². The van der Waals surface area contributed by atoms with Crippen LogP contribution in [0.5, 0.6) is 0 Å². The minimum absolute atomic E-state index is 0.0499. The van der Waals surface area contributed by atoms with Crippen LogP contribution < -0.4 is 5.32 Å². The zero-order valence-electron chi connectivity index (χ0n) is 14.4. The highest BCUT2D eigenvalue weighted by atomic mass is 32.1. The SMILES string of the molecule is Cc1cccc(CN2CCN(CC(=O)Nc3sccc3C#N)CC2)c1. The van der Waals surface area contributed by atoms with Crippen LogP contribution in [-0.2, 0) is 11.3 Å². The standard InChI is InChI=1S/C19H22N4OS/c1-15-3-2-4-16(11-15)13-22-6-8-23(9-7-22)14-18(24)21-19-17(12-20)5-10-25-19/h2-5,10-11H,6-9,13-14H2,1H3,(H,21,24). The molecular formula is C19H22N4OS. The van der Waals surface area contributed by atoms with Crippen molar-refractivity contribution in [2.45, 2.75) is 13.5 Å². The molecule has 0 bridgehead atoms. The number of rotatable bonds is 5. The van der Waals surface area contributed by atoms with Crippen LogP contribution in [0.15, 0.2) is 35.7 Å². The summed E-state index contributed by atoms with van der Waals surface area (Å²) in [6, 6.07) is 12.4. The number of benzene rings is 1. The van der Waals surface area contributed by atoms with Crippen molar-refractivity contribution in [2.75, 3.05) is 38.0 Å². The second-order valence-corrected chi connectivity index (χ2v) is 7.28. The Bertz CT molecular complexity index is 772. The third-order valence-electron chi connectivity index (χ3n) is 4.36. The normalized spacial score (nSPS) is 15.7. The van der Waals surface area contributed by atoms with Crippen LogP contribution in [0, 0.1) is 18.3 Å². The predicted molar refractivity (Wildman–Crippen MR) is 101 cm³/mol. The van der Waals surface area contributed by atoms with Crippen molar-refractivity contribution in [3.05, 3.63) is 52.4 Å². The van der Waals surface area contributed by atoms with Gasteiger partial charge in [0.2, 0.25) is 5.91 Å². The van der Waals surface area contributed by atoms with E-state index in [2.05, 4.69) is 52.4 Å². The fraction of sp³-hybridized carbons (Fsp3) is 0.368. The van der Waals surface area contributed by atoms with Crippen LogP contribution in [0.4, 0.5) is 5.00 Å². The number of nitrogens with one attached hydrogen (secondary N) is 1. The van der Waals surface area contributed by atoms with E-state index < -0.39 is 0 Å². The molecule has 2 heterocycles. The average molecular weight is 354 g/mol. The van der Waals surface area contributed by atoms with Crippen molar-refractivity contribution >= 4 is 22.2 Å². The molecule has 0 radical (unpaired) electrons. The van der Waals surface area contributed by atoms with Crippen LogP contribution in [0.2, 0.25) is 0 Å². The quantitative estimate of drug-likeness (QED) is 0.897. The molecule has 0 saturated carbocycles. The molecule has 0 atom stereocenters. The van der Waals surface area contributed by atoms with Gasteiger partial charge in [-0.3, -0.25) is 14.6 Å². The maximum Gasteiger partial charge on any atom is 0.239 e. The topological polar surface area (TPSA) is 59.4 Å². The van der Waals surface area contributed by atoms with E-state index >= 15 is 0 Å². The predicted octanol–water partition coefficient (Wildman–Crippen LogP) is 2.68. The van der Waals surface area contributed by atoms with E-state index in [1.165, 1.54) is 22.5 Å². The third kappa shape index (κ3) is 4.89. The Labute approximate surface area is 152 Å². The number of nitrogens with zero attached hydrogens (tertiary/aromatic N) is 3. The van der Waals surface area contributed by atoms with Crippen LogP contribution in [-0.4, -0.2) is 48.4 Å². The summed E-state index contributed by atoms with van der Waals surface area (Å²) in [6.07, 6.45) is 0. The van der Waals surface area contributed by atoms with Gasteiger partial charge in [-0.25, -0.2) is 0 Å². The molecule has 1 amide bonds. The van der Waals surface area contributed by atoms with Crippen LogP contribution in [0.1, 0.15) is 16.7 Å². The van der Waals surface area contributed by atoms with E-state index in [-0.39, 0.29) is 5.91 Å². The number of nitriles is 1. The number of anilines is 1. The number of carbonyl (C=O) groups is 1. The molecule has 3 rings (SSSR count). The second kappa shape index (κ2) is 8.26. The summed E-state index contributed by atoms with van der Waals surface area (Å²) < 4.78 is 0. The first-order valence-electron chi connectivity index (χ1n) is 8.42. The zero-order chi connectivity index (χ0) is 17.6. The first kappa shape index (κ1) is 17.6. The molecule has 25 heavy (non-hydrogen) atoms. The molecule has 0 aliphatic carbocycles. The number of amides is 1. The third-order valence-corrected chi connectivity index (χ3v) is 5.19. The summed E-state index contributed by atoms with van der Waals surface area (Å²) in [5.41, 5.74) is 3.16. The lowest BCUT2D eigenvalue weighted by molar-refractivity contribution is -0.117. The highest BCUT2D eigenvalue weighted by molar-refractivity contribution is 7.14. The van der Waals surface area contributed by atoms with Crippen LogP contribution >= 0.6 is 11.3 Å². The zero-order valence-corrected chi connectivity index (χ0v) is 15.2. The van der Waals surface area contributed by atoms with Crippen LogP contribution in [0.25, 0.3) is 0 Å². The van der Waals surface area contributed by atoms with Gasteiger partial charge in [-0.15, -0.1) is 11.3 Å². The molecule has 1 N–H and O–H groups in total. The Morgan fingerprint density at radius 3 is 2.72 bits per heavy atom. The summed E-state index contributed by atoms with van der Waals surface area (Å²) >= 11 is 1.39. The Kier molecular flexibility index (Phi) is 5.82. The van der Waals surface area contributed by atoms with Gasteiger partial charge in [-0.05, 0) is 23.9 Å². The summed E-state index contributed by atoms with van der Waals surface area (Å²) in [7, 11) is 0. The molecule has 6 heteroatoms. The minimum atomic E-state index is -0.0499. The van der Waals surface area contributed by atoms with E-state index in [0.717, 1.165) is 32.7 Å². The molecule has 0 unspecified atom stereocenters. The van der Waals surface area contributed by atoms with Gasteiger partial charge in [0, 0.05) is 32.7 Å². The molecule has 5 nitrogen and oxygen atoms in total. The van der Waals surface area contributed by atoms with Gasteiger partial charge >= 0.3 is 0 Å². The van der Waals surface area contributed by atoms with Crippen molar-refractivity contribution in [3.8, 4) is 6.07 Å². The molecule has 1 saturated heterocycles. The maximum absolute atomic E-state index is 12.2. The summed E-state index contributed by atoms with van der Waals surface area (Å²) in [6.45, 7) is 7.14. The van der Waals surface area contributed by atoms with Crippen molar-refractivity contribution < 1.29 is 4.79 Å². The number of piperazine rings is 1. The van der Waals surface area contributed by atoms with E-state index in [1.807, 2.05) is 5.38 Å². The molecule has 1 fully saturated rings. The summed E-state index contributed by atoms with van der Waals surface area (Å²) in [4.78, 5) is 16.8. The van der Waals surface area contributed by atoms with Gasteiger partial charge in [0.25, 0.3) is 0 Å². The molecular weight excluding hydrogens is 332 g/mol. The van der Waals surface area contributed by atoms with Gasteiger partial charge < -0.3 is 5.32 Å². The van der Waals surface area contributed by atoms with E-state index in [9.17, 15) is 4.79 Å². The number of hydrogen-bond donors (Lipinski definition) is 1. The Balaban J connectivity index is 1.44. The first-order valence-corrected chi connectivity index (χ1v) is 9.30. The minimum Gasteiger partial charge on any atom is -0.315 e. The lowest BCUT2D eigenvalue weighted by Gasteiger charge is -2.34. The Hall–Kier alpha value is -2.20. The van der Waals surface area contributed by atoms with Gasteiger partial charge in [0.05, 0.1) is 12.1 Å². The van der Waals surface area contributed by atoms with E-state index in [4.69, 9.17) is 5.26 Å². The average Bonchev–Trinajstić information content (AvgIpc) is 3.03. The monoisotopic (exact) mass is 354 g/mol. The van der Waals surface area contributed by atoms with E-state index in [0.29, 0.717) is 17.1 Å². The van der Waals surface area contributed by atoms with Gasteiger partial charge in [0.1, 0.15) is 11.1 Å². The van der Waals surface area contributed by atoms with Gasteiger partial charge in [-0.2, -0.15) is 5.26 Å².